The minimum Gasteiger partial charge on any atom is -0.312 e. The van der Waals surface area contributed by atoms with Gasteiger partial charge in [0, 0.05) is 6.04 Å². The minimum absolute atomic E-state index is 0.0831. The lowest BCUT2D eigenvalue weighted by atomic mass is 10.0. The first-order valence-corrected chi connectivity index (χ1v) is 10.9. The third kappa shape index (κ3) is 6.25. The average molecular weight is 412 g/mol. The first kappa shape index (κ1) is 22.7. The molecule has 160 valence electrons. The molecule has 31 heavy (non-hydrogen) atoms. The zero-order valence-electron chi connectivity index (χ0n) is 18.6. The summed E-state index contributed by atoms with van der Waals surface area (Å²) in [5.74, 6) is 0. The van der Waals surface area contributed by atoms with Crippen molar-refractivity contribution in [3.05, 3.63) is 125 Å². The molecule has 3 aromatic carbocycles. The maximum atomic E-state index is 6.59. The topological polar surface area (TPSA) is 50.1 Å². The van der Waals surface area contributed by atoms with Gasteiger partial charge >= 0.3 is 0 Å². The number of nitrogens with two attached hydrogens (primary N) is 1. The molecule has 0 fully saturated rings. The van der Waals surface area contributed by atoms with Gasteiger partial charge in [0.05, 0.1) is 12.3 Å². The molecule has 0 saturated heterocycles. The Hall–Kier alpha value is -2.98. The number of rotatable bonds is 9. The van der Waals surface area contributed by atoms with E-state index in [2.05, 4.69) is 116 Å². The van der Waals surface area contributed by atoms with E-state index in [4.69, 9.17) is 5.73 Å². The van der Waals surface area contributed by atoms with Gasteiger partial charge in [0.2, 0.25) is 0 Å². The SMILES string of the molecule is C/C=C\C(=C/C)c1ccc(C(N)NC(NC(C)c2ccccc2)c2ccccc2)cc1. The number of benzene rings is 3. The summed E-state index contributed by atoms with van der Waals surface area (Å²) in [6, 6.07) is 29.5. The molecule has 0 aliphatic heterocycles. The fourth-order valence-corrected chi connectivity index (χ4v) is 3.67. The fourth-order valence-electron chi connectivity index (χ4n) is 3.67. The number of hydrogen-bond donors (Lipinski definition) is 3. The van der Waals surface area contributed by atoms with Crippen molar-refractivity contribution in [3.8, 4) is 0 Å². The second-order valence-electron chi connectivity index (χ2n) is 7.65. The molecule has 0 aromatic heterocycles. The zero-order valence-corrected chi connectivity index (χ0v) is 18.6. The van der Waals surface area contributed by atoms with E-state index in [9.17, 15) is 0 Å². The molecule has 3 aromatic rings. The quantitative estimate of drug-likeness (QED) is 0.288. The van der Waals surface area contributed by atoms with E-state index in [-0.39, 0.29) is 18.4 Å². The van der Waals surface area contributed by atoms with Crippen LogP contribution in [0.2, 0.25) is 0 Å². The van der Waals surface area contributed by atoms with Crippen LogP contribution in [0.3, 0.4) is 0 Å². The van der Waals surface area contributed by atoms with E-state index < -0.39 is 0 Å². The Morgan fingerprint density at radius 2 is 1.32 bits per heavy atom. The predicted molar refractivity (Wildman–Crippen MR) is 132 cm³/mol. The Morgan fingerprint density at radius 1 is 0.742 bits per heavy atom. The summed E-state index contributed by atoms with van der Waals surface area (Å²) in [5, 5.41) is 7.27. The van der Waals surface area contributed by atoms with Gasteiger partial charge in [-0.2, -0.15) is 0 Å². The monoisotopic (exact) mass is 411 g/mol. The molecule has 0 spiro atoms. The summed E-state index contributed by atoms with van der Waals surface area (Å²) in [5.41, 5.74) is 12.4. The van der Waals surface area contributed by atoms with Gasteiger partial charge in [0.1, 0.15) is 0 Å². The highest BCUT2D eigenvalue weighted by Gasteiger charge is 2.18. The average Bonchev–Trinajstić information content (AvgIpc) is 2.83. The summed E-state index contributed by atoms with van der Waals surface area (Å²) < 4.78 is 0. The van der Waals surface area contributed by atoms with Crippen molar-refractivity contribution in [1.82, 2.24) is 10.6 Å². The number of nitrogens with one attached hydrogen (secondary N) is 2. The van der Waals surface area contributed by atoms with Gasteiger partial charge in [-0.15, -0.1) is 0 Å². The Balaban J connectivity index is 1.77. The van der Waals surface area contributed by atoms with Crippen LogP contribution in [0, 0.1) is 0 Å². The molecule has 3 unspecified atom stereocenters. The van der Waals surface area contributed by atoms with Crippen LogP contribution in [0.5, 0.6) is 0 Å². The molecule has 0 saturated carbocycles. The van der Waals surface area contributed by atoms with E-state index >= 15 is 0 Å². The summed E-state index contributed by atoms with van der Waals surface area (Å²) in [4.78, 5) is 0. The van der Waals surface area contributed by atoms with Crippen molar-refractivity contribution in [1.29, 1.82) is 0 Å². The van der Waals surface area contributed by atoms with Crippen molar-refractivity contribution in [2.45, 2.75) is 39.1 Å². The van der Waals surface area contributed by atoms with Gasteiger partial charge in [0.25, 0.3) is 0 Å². The van der Waals surface area contributed by atoms with E-state index in [0.29, 0.717) is 0 Å². The third-order valence-electron chi connectivity index (χ3n) is 5.46. The Kier molecular flexibility index (Phi) is 8.36. The van der Waals surface area contributed by atoms with Gasteiger partial charge in [-0.3, -0.25) is 10.6 Å². The molecule has 0 bridgehead atoms. The standard InChI is InChI=1S/C28H33N3/c1-4-12-22(5-2)24-17-19-25(20-18-24)27(29)31-28(26-15-10-7-11-16-26)30-21(3)23-13-8-6-9-14-23/h4-21,27-28,30-31H,29H2,1-3H3/b12-4-,22-5+. The lowest BCUT2D eigenvalue weighted by Gasteiger charge is -2.28. The molecule has 3 heteroatoms. The molecule has 0 radical (unpaired) electrons. The highest BCUT2D eigenvalue weighted by atomic mass is 15.2. The maximum Gasteiger partial charge on any atom is 0.0854 e. The van der Waals surface area contributed by atoms with Crippen molar-refractivity contribution < 1.29 is 0 Å². The second kappa shape index (κ2) is 11.4. The molecule has 0 aliphatic rings. The molecule has 3 atom stereocenters. The summed E-state index contributed by atoms with van der Waals surface area (Å²) in [6.07, 6.45) is 5.91. The molecule has 3 nitrogen and oxygen atoms in total. The van der Waals surface area contributed by atoms with Crippen molar-refractivity contribution in [2.75, 3.05) is 0 Å². The lowest BCUT2D eigenvalue weighted by Crippen LogP contribution is -2.40. The minimum atomic E-state index is -0.300. The van der Waals surface area contributed by atoms with Crippen LogP contribution in [0.15, 0.2) is 103 Å². The van der Waals surface area contributed by atoms with E-state index in [1.165, 1.54) is 16.7 Å². The van der Waals surface area contributed by atoms with Crippen molar-refractivity contribution in [2.24, 2.45) is 5.73 Å². The number of hydrogen-bond acceptors (Lipinski definition) is 3. The lowest BCUT2D eigenvalue weighted by molar-refractivity contribution is 0.356. The third-order valence-corrected chi connectivity index (χ3v) is 5.46. The van der Waals surface area contributed by atoms with Crippen LogP contribution in [0.4, 0.5) is 0 Å². The summed E-state index contributed by atoms with van der Waals surface area (Å²) >= 11 is 0. The predicted octanol–water partition coefficient (Wildman–Crippen LogP) is 6.26. The second-order valence-corrected chi connectivity index (χ2v) is 7.65. The van der Waals surface area contributed by atoms with Gasteiger partial charge in [-0.05, 0) is 48.6 Å². The zero-order chi connectivity index (χ0) is 22.1. The van der Waals surface area contributed by atoms with E-state index in [1.807, 2.05) is 19.1 Å². The molecule has 4 N–H and O–H groups in total. The molecule has 0 amide bonds. The van der Waals surface area contributed by atoms with Gasteiger partial charge in [0.15, 0.2) is 0 Å². The molecule has 0 heterocycles. The van der Waals surface area contributed by atoms with Crippen molar-refractivity contribution >= 4 is 5.57 Å². The Labute approximate surface area is 186 Å². The van der Waals surface area contributed by atoms with Crippen LogP contribution in [-0.4, -0.2) is 0 Å². The van der Waals surface area contributed by atoms with Crippen LogP contribution < -0.4 is 16.4 Å². The first-order chi connectivity index (χ1) is 15.1. The highest BCUT2D eigenvalue weighted by Crippen LogP contribution is 2.22. The molecular weight excluding hydrogens is 378 g/mol. The summed E-state index contributed by atoms with van der Waals surface area (Å²) in [6.45, 7) is 6.26. The maximum absolute atomic E-state index is 6.59. The molecule has 0 aliphatic carbocycles. The highest BCUT2D eigenvalue weighted by molar-refractivity contribution is 5.73. The Bertz CT molecular complexity index is 976. The molecule has 3 rings (SSSR count). The normalized spacial score (nSPS) is 15.0. The van der Waals surface area contributed by atoms with Gasteiger partial charge in [-0.25, -0.2) is 0 Å². The Morgan fingerprint density at radius 3 is 1.87 bits per heavy atom. The van der Waals surface area contributed by atoms with Crippen LogP contribution in [0.1, 0.15) is 61.4 Å². The van der Waals surface area contributed by atoms with Crippen LogP contribution >= 0.6 is 0 Å². The van der Waals surface area contributed by atoms with Crippen LogP contribution in [0.25, 0.3) is 5.57 Å². The van der Waals surface area contributed by atoms with Gasteiger partial charge in [-0.1, -0.05) is 103 Å². The summed E-state index contributed by atoms with van der Waals surface area (Å²) in [7, 11) is 0. The fraction of sp³-hybridized carbons (Fsp3) is 0.214. The molecular formula is C28H33N3. The van der Waals surface area contributed by atoms with E-state index in [1.54, 1.807) is 0 Å². The smallest absolute Gasteiger partial charge is 0.0854 e. The van der Waals surface area contributed by atoms with E-state index in [0.717, 1.165) is 11.1 Å². The number of allylic oxidation sites excluding steroid dienone is 4. The van der Waals surface area contributed by atoms with Crippen molar-refractivity contribution in [3.63, 3.8) is 0 Å². The van der Waals surface area contributed by atoms with Crippen LogP contribution in [-0.2, 0) is 0 Å². The van der Waals surface area contributed by atoms with Gasteiger partial charge < -0.3 is 5.73 Å². The largest absolute Gasteiger partial charge is 0.312 e. The first-order valence-electron chi connectivity index (χ1n) is 10.9.